The highest BCUT2D eigenvalue weighted by atomic mass is 32.2. The summed E-state index contributed by atoms with van der Waals surface area (Å²) < 4.78 is 19.8. The third-order valence-corrected chi connectivity index (χ3v) is 8.92. The molecule has 0 aliphatic carbocycles. The minimum atomic E-state index is -0.726. The average Bonchev–Trinajstić information content (AvgIpc) is 3.10. The lowest BCUT2D eigenvalue weighted by Gasteiger charge is -2.41. The predicted octanol–water partition coefficient (Wildman–Crippen LogP) is 7.83. The maximum atomic E-state index is 12.9. The van der Waals surface area contributed by atoms with Crippen LogP contribution in [0.1, 0.15) is 36.0 Å². The van der Waals surface area contributed by atoms with E-state index in [1.165, 1.54) is 18.0 Å². The topological polar surface area (TPSA) is 116 Å². The number of para-hydroxylation sites is 1. The molecule has 10 heteroatoms. The monoisotopic (exact) mass is 649 g/mol. The van der Waals surface area contributed by atoms with Crippen molar-refractivity contribution in [2.75, 3.05) is 16.4 Å². The number of aromatic nitrogens is 1. The molecule has 47 heavy (non-hydrogen) atoms. The van der Waals surface area contributed by atoms with Gasteiger partial charge >= 0.3 is 6.03 Å². The Bertz CT molecular complexity index is 1770. The number of carbonyl (C=O) groups excluding carboxylic acids is 1. The number of aliphatic hydroxyl groups excluding tert-OH is 1. The number of rotatable bonds is 10. The van der Waals surface area contributed by atoms with Crippen molar-refractivity contribution in [2.45, 2.75) is 37.1 Å². The number of hydrogen-bond acceptors (Lipinski definition) is 7. The largest absolute Gasteiger partial charge is 0.618 e. The molecule has 2 amide bonds. The van der Waals surface area contributed by atoms with Crippen molar-refractivity contribution in [3.05, 3.63) is 149 Å². The number of nitrogens with one attached hydrogen (secondary N) is 2. The zero-order chi connectivity index (χ0) is 32.6. The number of anilines is 2. The van der Waals surface area contributed by atoms with E-state index in [1.54, 1.807) is 42.5 Å². The second-order valence-electron chi connectivity index (χ2n) is 11.1. The molecule has 0 radical (unpaired) electrons. The number of amides is 2. The summed E-state index contributed by atoms with van der Waals surface area (Å²) in [6, 6.07) is 36.6. The number of carbonyl (C=O) groups is 1. The van der Waals surface area contributed by atoms with Gasteiger partial charge < -0.3 is 35.2 Å². The zero-order valence-electron chi connectivity index (χ0n) is 25.7. The van der Waals surface area contributed by atoms with Gasteiger partial charge in [-0.1, -0.05) is 73.3 Å². The molecule has 4 unspecified atom stereocenters. The molecule has 1 saturated heterocycles. The number of hydrogen-bond donors (Lipinski definition) is 3. The first-order chi connectivity index (χ1) is 22.9. The van der Waals surface area contributed by atoms with Crippen LogP contribution in [0.25, 0.3) is 0 Å². The molecule has 240 valence electrons. The summed E-state index contributed by atoms with van der Waals surface area (Å²) in [4.78, 5) is 12.9. The van der Waals surface area contributed by atoms with Gasteiger partial charge in [0, 0.05) is 40.7 Å². The molecule has 1 aromatic heterocycles. The van der Waals surface area contributed by atoms with Crippen LogP contribution in [0.2, 0.25) is 0 Å². The van der Waals surface area contributed by atoms with Crippen molar-refractivity contribution in [1.29, 1.82) is 0 Å². The van der Waals surface area contributed by atoms with Crippen molar-refractivity contribution in [3.63, 3.8) is 0 Å². The number of thioether (sulfide) groups is 1. The number of benzene rings is 4. The molecule has 1 aliphatic rings. The Kier molecular flexibility index (Phi) is 10.3. The lowest BCUT2D eigenvalue weighted by Crippen LogP contribution is -2.39. The highest BCUT2D eigenvalue weighted by Gasteiger charge is 2.38. The van der Waals surface area contributed by atoms with Crippen LogP contribution >= 0.6 is 11.8 Å². The number of pyridine rings is 1. The predicted molar refractivity (Wildman–Crippen MR) is 181 cm³/mol. The summed E-state index contributed by atoms with van der Waals surface area (Å²) in [5, 5.41) is 28.2. The van der Waals surface area contributed by atoms with Crippen LogP contribution in [0.15, 0.2) is 133 Å². The first-order valence-corrected chi connectivity index (χ1v) is 16.3. The van der Waals surface area contributed by atoms with Crippen molar-refractivity contribution in [2.24, 2.45) is 5.92 Å². The highest BCUT2D eigenvalue weighted by Crippen LogP contribution is 2.43. The van der Waals surface area contributed by atoms with Gasteiger partial charge in [-0.25, -0.2) is 4.79 Å². The van der Waals surface area contributed by atoms with Crippen LogP contribution in [-0.4, -0.2) is 23.0 Å². The third-order valence-electron chi connectivity index (χ3n) is 7.82. The molecule has 0 spiro atoms. The summed E-state index contributed by atoms with van der Waals surface area (Å²) in [5.41, 5.74) is 3.70. The lowest BCUT2D eigenvalue weighted by atomic mass is 9.91. The van der Waals surface area contributed by atoms with Crippen LogP contribution in [0.4, 0.5) is 16.2 Å². The second-order valence-corrected chi connectivity index (χ2v) is 12.2. The van der Waals surface area contributed by atoms with Gasteiger partial charge in [-0.15, -0.1) is 0 Å². The molecule has 2 heterocycles. The van der Waals surface area contributed by atoms with Gasteiger partial charge in [0.2, 0.25) is 0 Å². The van der Waals surface area contributed by atoms with E-state index in [4.69, 9.17) is 14.2 Å². The SMILES string of the molecule is CC1C(CSc2cccc[n+]2[O-])OC(c2cccc(NC(=O)Nc3ccc(Oc4ccccc4)cc3)c2)OC1c1ccc(CO)cc1. The number of aliphatic hydroxyl groups is 1. The van der Waals surface area contributed by atoms with E-state index in [0.717, 1.165) is 27.2 Å². The molecule has 1 aliphatic heterocycles. The fourth-order valence-electron chi connectivity index (χ4n) is 5.29. The van der Waals surface area contributed by atoms with Crippen molar-refractivity contribution < 1.29 is 28.8 Å². The molecular formula is C37H35N3O6S. The van der Waals surface area contributed by atoms with E-state index in [1.807, 2.05) is 78.9 Å². The summed E-state index contributed by atoms with van der Waals surface area (Å²) >= 11 is 1.44. The summed E-state index contributed by atoms with van der Waals surface area (Å²) in [5.74, 6) is 1.88. The van der Waals surface area contributed by atoms with E-state index in [-0.39, 0.29) is 24.7 Å². The summed E-state index contributed by atoms with van der Waals surface area (Å²) in [6.45, 7) is 2.03. The number of nitrogens with zero attached hydrogens (tertiary/aromatic N) is 1. The first-order valence-electron chi connectivity index (χ1n) is 15.3. The van der Waals surface area contributed by atoms with Gasteiger partial charge in [-0.2, -0.15) is 4.73 Å². The standard InChI is InChI=1S/C37H35N3O6S/c1-25-33(24-47-34-12-5-6-21-40(34)43)45-36(46-35(25)27-15-13-26(23-41)14-16-27)28-8-7-9-30(22-28)39-37(42)38-29-17-19-32(20-18-29)44-31-10-3-2-4-11-31/h2-22,25,33,35-36,41H,23-24H2,1H3,(H2,38,39,42). The Morgan fingerprint density at radius 2 is 1.55 bits per heavy atom. The van der Waals surface area contributed by atoms with Crippen molar-refractivity contribution in [1.82, 2.24) is 0 Å². The Hall–Kier alpha value is -4.87. The van der Waals surface area contributed by atoms with Crippen LogP contribution in [-0.2, 0) is 16.1 Å². The van der Waals surface area contributed by atoms with E-state index in [0.29, 0.717) is 27.9 Å². The fourth-order valence-corrected chi connectivity index (χ4v) is 6.37. The van der Waals surface area contributed by atoms with Gasteiger partial charge in [0.15, 0.2) is 12.5 Å². The van der Waals surface area contributed by atoms with Crippen LogP contribution in [0.3, 0.4) is 0 Å². The molecule has 3 N–H and O–H groups in total. The van der Waals surface area contributed by atoms with Gasteiger partial charge in [-0.3, -0.25) is 0 Å². The highest BCUT2D eigenvalue weighted by molar-refractivity contribution is 7.99. The van der Waals surface area contributed by atoms with Crippen LogP contribution in [0.5, 0.6) is 11.5 Å². The molecule has 6 rings (SSSR count). The maximum Gasteiger partial charge on any atom is 0.323 e. The average molecular weight is 650 g/mol. The van der Waals surface area contributed by atoms with E-state index >= 15 is 0 Å². The Morgan fingerprint density at radius 3 is 2.30 bits per heavy atom. The second kappa shape index (κ2) is 15.1. The van der Waals surface area contributed by atoms with Gasteiger partial charge in [0.1, 0.15) is 11.5 Å². The third kappa shape index (κ3) is 8.30. The van der Waals surface area contributed by atoms with E-state index in [9.17, 15) is 15.1 Å². The Labute approximate surface area is 277 Å². The van der Waals surface area contributed by atoms with Crippen LogP contribution < -0.4 is 20.1 Å². The summed E-state index contributed by atoms with van der Waals surface area (Å²) in [6.07, 6.45) is 0.192. The minimum Gasteiger partial charge on any atom is -0.618 e. The maximum absolute atomic E-state index is 12.9. The first kappa shape index (κ1) is 32.1. The van der Waals surface area contributed by atoms with Gasteiger partial charge in [-0.05, 0) is 65.7 Å². The molecule has 5 aromatic rings. The van der Waals surface area contributed by atoms with Gasteiger partial charge in [0.05, 0.1) is 18.8 Å². The normalized spacial score (nSPS) is 19.1. The van der Waals surface area contributed by atoms with Gasteiger partial charge in [0.25, 0.3) is 5.03 Å². The minimum absolute atomic E-state index is 0.0417. The van der Waals surface area contributed by atoms with E-state index in [2.05, 4.69) is 17.6 Å². The zero-order valence-corrected chi connectivity index (χ0v) is 26.5. The fraction of sp³-hybridized carbons (Fsp3) is 0.189. The molecule has 0 bridgehead atoms. The molecule has 1 fully saturated rings. The molecule has 4 aromatic carbocycles. The summed E-state index contributed by atoms with van der Waals surface area (Å²) in [7, 11) is 0. The molecular weight excluding hydrogens is 614 g/mol. The quantitative estimate of drug-likeness (QED) is 0.0802. The Morgan fingerprint density at radius 1 is 0.830 bits per heavy atom. The van der Waals surface area contributed by atoms with Crippen molar-refractivity contribution in [3.8, 4) is 11.5 Å². The Balaban J connectivity index is 1.15. The molecule has 0 saturated carbocycles. The molecule has 9 nitrogen and oxygen atoms in total. The lowest BCUT2D eigenvalue weighted by molar-refractivity contribution is -0.645. The number of urea groups is 1. The van der Waals surface area contributed by atoms with Crippen molar-refractivity contribution >= 4 is 29.2 Å². The van der Waals surface area contributed by atoms with E-state index < -0.39 is 12.3 Å². The molecule has 4 atom stereocenters. The smallest absolute Gasteiger partial charge is 0.323 e. The van der Waals surface area contributed by atoms with Crippen LogP contribution in [0, 0.1) is 11.1 Å². The number of ether oxygens (including phenoxy) is 3.